The van der Waals surface area contributed by atoms with E-state index in [1.165, 1.54) is 48.5 Å². The van der Waals surface area contributed by atoms with Gasteiger partial charge in [-0.3, -0.25) is 10.1 Å². The SMILES string of the molecule is Nc1ccc(Oc2ccc3c(c2)C(O)(C(F)(F)F)CC3)c(Cl)c1.O=[N+]([O-])c1ccc(Oc2ccc3c(c2)C(O)(C(F)(F)F)CC3)c(Cl)c1. The van der Waals surface area contributed by atoms with E-state index in [0.29, 0.717) is 16.8 Å². The molecule has 0 aliphatic heterocycles. The van der Waals surface area contributed by atoms with Crippen molar-refractivity contribution < 1.29 is 51.0 Å². The third kappa shape index (κ3) is 6.70. The van der Waals surface area contributed by atoms with Crippen molar-refractivity contribution in [1.29, 1.82) is 0 Å². The average Bonchev–Trinajstić information content (AvgIpc) is 3.53. The summed E-state index contributed by atoms with van der Waals surface area (Å²) >= 11 is 11.9. The predicted octanol–water partition coefficient (Wildman–Crippen LogP) is 9.15. The first-order valence-electron chi connectivity index (χ1n) is 14.0. The minimum atomic E-state index is -4.80. The summed E-state index contributed by atoms with van der Waals surface area (Å²) in [6.45, 7) is 0. The fourth-order valence-electron chi connectivity index (χ4n) is 5.47. The Morgan fingerprint density at radius 1 is 0.708 bits per heavy atom. The Morgan fingerprint density at radius 3 is 1.54 bits per heavy atom. The number of halogens is 8. The number of nitrogens with zero attached hydrogens (tertiary/aromatic N) is 1. The molecule has 254 valence electrons. The van der Waals surface area contributed by atoms with E-state index >= 15 is 0 Å². The minimum absolute atomic E-state index is 0.0408. The third-order valence-corrected chi connectivity index (χ3v) is 8.63. The molecule has 0 saturated carbocycles. The second-order valence-corrected chi connectivity index (χ2v) is 11.9. The lowest BCUT2D eigenvalue weighted by Gasteiger charge is -2.27. The largest absolute Gasteiger partial charge is 0.456 e. The van der Waals surface area contributed by atoms with E-state index in [9.17, 15) is 46.7 Å². The molecule has 0 aromatic heterocycles. The number of ether oxygens (including phenoxy) is 2. The van der Waals surface area contributed by atoms with Crippen molar-refractivity contribution >= 4 is 34.6 Å². The number of alkyl halides is 6. The van der Waals surface area contributed by atoms with E-state index in [4.69, 9.17) is 38.4 Å². The van der Waals surface area contributed by atoms with Crippen LogP contribution in [0.1, 0.15) is 35.1 Å². The maximum atomic E-state index is 13.2. The highest BCUT2D eigenvalue weighted by atomic mass is 35.5. The van der Waals surface area contributed by atoms with Gasteiger partial charge in [0, 0.05) is 17.8 Å². The van der Waals surface area contributed by atoms with Crippen LogP contribution in [0.5, 0.6) is 23.0 Å². The number of nitrogen functional groups attached to an aromatic ring is 1. The lowest BCUT2D eigenvalue weighted by Crippen LogP contribution is -2.40. The molecule has 0 radical (unpaired) electrons. The lowest BCUT2D eigenvalue weighted by molar-refractivity contribution is -0.384. The van der Waals surface area contributed by atoms with Crippen LogP contribution in [-0.4, -0.2) is 27.5 Å². The highest BCUT2D eigenvalue weighted by Gasteiger charge is 2.58. The fraction of sp³-hybridized carbons (Fsp3) is 0.250. The van der Waals surface area contributed by atoms with Crippen LogP contribution in [0.3, 0.4) is 0 Å². The van der Waals surface area contributed by atoms with Crippen molar-refractivity contribution in [2.75, 3.05) is 5.73 Å². The molecule has 16 heteroatoms. The number of nitro groups is 1. The highest BCUT2D eigenvalue weighted by molar-refractivity contribution is 6.32. The maximum absolute atomic E-state index is 13.2. The van der Waals surface area contributed by atoms with Gasteiger partial charge in [0.1, 0.15) is 23.0 Å². The van der Waals surface area contributed by atoms with Crippen molar-refractivity contribution in [1.82, 2.24) is 0 Å². The van der Waals surface area contributed by atoms with Gasteiger partial charge in [0.05, 0.1) is 15.0 Å². The molecule has 0 amide bonds. The molecular weight excluding hydrogens is 693 g/mol. The molecule has 48 heavy (non-hydrogen) atoms. The van der Waals surface area contributed by atoms with Crippen LogP contribution in [0.2, 0.25) is 10.0 Å². The van der Waals surface area contributed by atoms with E-state index in [0.717, 1.165) is 12.1 Å². The van der Waals surface area contributed by atoms with Crippen LogP contribution in [0, 0.1) is 10.1 Å². The van der Waals surface area contributed by atoms with E-state index in [-0.39, 0.29) is 62.7 Å². The number of nitro benzene ring substituents is 1. The van der Waals surface area contributed by atoms with Gasteiger partial charge in [-0.1, -0.05) is 35.3 Å². The molecule has 2 aliphatic rings. The number of aliphatic hydroxyl groups is 2. The van der Waals surface area contributed by atoms with Crippen molar-refractivity contribution in [3.63, 3.8) is 0 Å². The van der Waals surface area contributed by atoms with E-state index in [1.807, 2.05) is 0 Å². The van der Waals surface area contributed by atoms with Gasteiger partial charge in [-0.2, -0.15) is 26.3 Å². The first-order valence-corrected chi connectivity index (χ1v) is 14.8. The highest BCUT2D eigenvalue weighted by Crippen LogP contribution is 2.50. The number of rotatable bonds is 5. The second-order valence-electron chi connectivity index (χ2n) is 11.1. The first-order chi connectivity index (χ1) is 22.3. The van der Waals surface area contributed by atoms with E-state index in [2.05, 4.69) is 0 Å². The quantitative estimate of drug-likeness (QED) is 0.0813. The van der Waals surface area contributed by atoms with Gasteiger partial charge in [-0.05, 0) is 96.5 Å². The summed E-state index contributed by atoms with van der Waals surface area (Å²) in [6.07, 6.45) is -10.1. The normalized spacial score (nSPS) is 20.0. The van der Waals surface area contributed by atoms with Crippen LogP contribution in [0.15, 0.2) is 72.8 Å². The summed E-state index contributed by atoms with van der Waals surface area (Å²) in [5.74, 6) is 0.536. The molecular formula is C32H24Cl2F6N2O6. The third-order valence-electron chi connectivity index (χ3n) is 8.04. The molecule has 0 heterocycles. The first kappa shape index (κ1) is 35.1. The average molecular weight is 717 g/mol. The summed E-state index contributed by atoms with van der Waals surface area (Å²) in [7, 11) is 0. The Labute approximate surface area is 278 Å². The van der Waals surface area contributed by atoms with Gasteiger partial charge in [-0.15, -0.1) is 0 Å². The second kappa shape index (κ2) is 12.7. The number of hydrogen-bond donors (Lipinski definition) is 3. The topological polar surface area (TPSA) is 128 Å². The van der Waals surface area contributed by atoms with Crippen molar-refractivity contribution in [2.24, 2.45) is 0 Å². The van der Waals surface area contributed by atoms with Gasteiger partial charge < -0.3 is 25.4 Å². The van der Waals surface area contributed by atoms with Crippen molar-refractivity contribution in [3.05, 3.63) is 115 Å². The Hall–Kier alpha value is -4.24. The Bertz CT molecular complexity index is 1890. The molecule has 2 unspecified atom stereocenters. The predicted molar refractivity (Wildman–Crippen MR) is 164 cm³/mol. The van der Waals surface area contributed by atoms with Crippen LogP contribution in [0.25, 0.3) is 0 Å². The summed E-state index contributed by atoms with van der Waals surface area (Å²) in [5, 5.41) is 31.0. The zero-order chi connectivity index (χ0) is 35.2. The van der Waals surface area contributed by atoms with Gasteiger partial charge in [0.15, 0.2) is 11.2 Å². The number of non-ortho nitro benzene ring substituents is 1. The molecule has 4 aromatic rings. The smallest absolute Gasteiger partial charge is 0.421 e. The van der Waals surface area contributed by atoms with Crippen LogP contribution in [0.4, 0.5) is 37.7 Å². The molecule has 0 bridgehead atoms. The molecule has 8 nitrogen and oxygen atoms in total. The maximum Gasteiger partial charge on any atom is 0.421 e. The van der Waals surface area contributed by atoms with Crippen molar-refractivity contribution in [2.45, 2.75) is 49.2 Å². The monoisotopic (exact) mass is 716 g/mol. The number of hydrogen-bond acceptors (Lipinski definition) is 7. The van der Waals surface area contributed by atoms with Crippen LogP contribution >= 0.6 is 23.2 Å². The molecule has 6 rings (SSSR count). The number of fused-ring (bicyclic) bond motifs is 2. The fourth-order valence-corrected chi connectivity index (χ4v) is 5.91. The zero-order valence-electron chi connectivity index (χ0n) is 24.3. The summed E-state index contributed by atoms with van der Waals surface area (Å²) in [5.41, 5.74) is 0.456. The van der Waals surface area contributed by atoms with E-state index in [1.54, 1.807) is 12.1 Å². The number of benzene rings is 4. The van der Waals surface area contributed by atoms with Gasteiger partial charge in [-0.25, -0.2) is 0 Å². The van der Waals surface area contributed by atoms with E-state index < -0.39 is 41.3 Å². The molecule has 2 atom stereocenters. The standard InChI is InChI=1S/C16H11ClF3NO4.C16H13ClF3NO2/c17-13-7-10(21(23)24)2-4-14(13)25-11-3-1-9-5-6-15(22,12(9)8-11)16(18,19)20;17-13-7-10(21)2-4-14(13)23-11-3-1-9-5-6-15(22,12(9)8-11)16(18,19)20/h1-4,7-8,22H,5-6H2;1-4,7-8,22H,5-6,21H2. The lowest BCUT2D eigenvalue weighted by atomic mass is 9.95. The van der Waals surface area contributed by atoms with Crippen molar-refractivity contribution in [3.8, 4) is 23.0 Å². The van der Waals surface area contributed by atoms with Gasteiger partial charge >= 0.3 is 12.4 Å². The summed E-state index contributed by atoms with van der Waals surface area (Å²) in [6, 6.07) is 16.4. The summed E-state index contributed by atoms with van der Waals surface area (Å²) < 4.78 is 90.0. The Balaban J connectivity index is 0.000000188. The van der Waals surface area contributed by atoms with Gasteiger partial charge in [0.25, 0.3) is 5.69 Å². The van der Waals surface area contributed by atoms with Crippen LogP contribution < -0.4 is 15.2 Å². The number of anilines is 1. The number of nitrogens with two attached hydrogens (primary N) is 1. The van der Waals surface area contributed by atoms with Gasteiger partial charge in [0.2, 0.25) is 0 Å². The molecule has 0 saturated heterocycles. The molecule has 4 aromatic carbocycles. The molecule has 4 N–H and O–H groups in total. The molecule has 0 spiro atoms. The zero-order valence-corrected chi connectivity index (χ0v) is 25.8. The molecule has 2 aliphatic carbocycles. The number of aryl methyl sites for hydroxylation is 2. The Kier molecular flexibility index (Phi) is 9.25. The summed E-state index contributed by atoms with van der Waals surface area (Å²) in [4.78, 5) is 10.1. The minimum Gasteiger partial charge on any atom is -0.456 e. The molecule has 0 fully saturated rings. The Morgan fingerprint density at radius 2 is 1.15 bits per heavy atom. The van der Waals surface area contributed by atoms with Crippen LogP contribution in [-0.2, 0) is 24.0 Å².